The van der Waals surface area contributed by atoms with Crippen molar-refractivity contribution in [1.29, 1.82) is 5.41 Å². The van der Waals surface area contributed by atoms with Crippen molar-refractivity contribution in [3.8, 4) is 16.9 Å². The monoisotopic (exact) mass is 520 g/mol. The van der Waals surface area contributed by atoms with Crippen LogP contribution in [0.5, 0.6) is 5.75 Å². The minimum absolute atomic E-state index is 0.0870. The van der Waals surface area contributed by atoms with Gasteiger partial charge >= 0.3 is 12.3 Å². The van der Waals surface area contributed by atoms with Crippen molar-refractivity contribution >= 4 is 28.9 Å². The van der Waals surface area contributed by atoms with Gasteiger partial charge in [-0.1, -0.05) is 18.2 Å². The first-order valence-corrected chi connectivity index (χ1v) is 10.7. The maximum atomic E-state index is 15.8. The van der Waals surface area contributed by atoms with Gasteiger partial charge in [-0.2, -0.15) is 8.78 Å². The lowest BCUT2D eigenvalue weighted by atomic mass is 9.97. The van der Waals surface area contributed by atoms with Crippen LogP contribution in [-0.4, -0.2) is 34.8 Å². The average molecular weight is 520 g/mol. The number of aromatic nitrogens is 1. The van der Waals surface area contributed by atoms with Crippen molar-refractivity contribution in [2.24, 2.45) is 0 Å². The normalized spacial score (nSPS) is 13.0. The third kappa shape index (κ3) is 6.26. The lowest BCUT2D eigenvalue weighted by molar-refractivity contribution is -0.134. The molecule has 0 bridgehead atoms. The van der Waals surface area contributed by atoms with E-state index in [0.717, 1.165) is 31.2 Å². The minimum Gasteiger partial charge on any atom is -0.434 e. The molecule has 194 valence electrons. The lowest BCUT2D eigenvalue weighted by Crippen LogP contribution is -2.54. The molecule has 3 rings (SSSR count). The van der Waals surface area contributed by atoms with E-state index >= 15 is 4.39 Å². The number of ether oxygens (including phenoxy) is 1. The Morgan fingerprint density at radius 1 is 0.973 bits per heavy atom. The first kappa shape index (κ1) is 27.2. The van der Waals surface area contributed by atoms with Gasteiger partial charge in [-0.05, 0) is 43.3 Å². The van der Waals surface area contributed by atoms with Crippen LogP contribution in [0.25, 0.3) is 11.1 Å². The zero-order chi connectivity index (χ0) is 27.4. The molecular weight excluding hydrogens is 499 g/mol. The van der Waals surface area contributed by atoms with Gasteiger partial charge in [-0.3, -0.25) is 14.6 Å². The van der Waals surface area contributed by atoms with Crippen molar-refractivity contribution in [1.82, 2.24) is 4.98 Å². The maximum Gasteiger partial charge on any atom is 0.387 e. The van der Waals surface area contributed by atoms with Crippen LogP contribution in [0, 0.1) is 5.41 Å². The van der Waals surface area contributed by atoms with E-state index < -0.39 is 41.3 Å². The van der Waals surface area contributed by atoms with E-state index in [-0.39, 0.29) is 22.7 Å². The highest BCUT2D eigenvalue weighted by molar-refractivity contribution is 6.32. The Bertz CT molecular complexity index is 1320. The van der Waals surface area contributed by atoms with Gasteiger partial charge in [-0.25, -0.2) is 13.2 Å². The number of hydrogen-bond acceptors (Lipinski definition) is 5. The third-order valence-corrected chi connectivity index (χ3v) is 5.20. The SMILES string of the molecule is CC(=N)C(F)(C(=O)Nc1cccc(C(C)(F)F)c1)C(=O)Nc1ccc(OC(F)F)c(-c2cccnc2)c1. The van der Waals surface area contributed by atoms with Crippen LogP contribution in [0.2, 0.25) is 0 Å². The molecule has 37 heavy (non-hydrogen) atoms. The number of amides is 2. The number of halogens is 5. The number of carbonyl (C=O) groups excluding carboxylic acids is 2. The van der Waals surface area contributed by atoms with Crippen LogP contribution in [0.3, 0.4) is 0 Å². The van der Waals surface area contributed by atoms with Crippen LogP contribution in [0.15, 0.2) is 67.0 Å². The summed E-state index contributed by atoms with van der Waals surface area (Å²) < 4.78 is 73.2. The van der Waals surface area contributed by atoms with Crippen molar-refractivity contribution in [2.75, 3.05) is 10.6 Å². The predicted octanol–water partition coefficient (Wildman–Crippen LogP) is 5.79. The summed E-state index contributed by atoms with van der Waals surface area (Å²) in [5.41, 5.74) is -4.86. The number of anilines is 2. The minimum atomic E-state index is -3.53. The second-order valence-corrected chi connectivity index (χ2v) is 7.99. The summed E-state index contributed by atoms with van der Waals surface area (Å²) in [5.74, 6) is -6.64. The number of nitrogens with zero attached hydrogens (tertiary/aromatic N) is 1. The van der Waals surface area contributed by atoms with Gasteiger partial charge < -0.3 is 20.8 Å². The van der Waals surface area contributed by atoms with E-state index in [1.807, 2.05) is 0 Å². The molecule has 0 fully saturated rings. The second-order valence-electron chi connectivity index (χ2n) is 7.99. The molecule has 0 spiro atoms. The van der Waals surface area contributed by atoms with E-state index in [0.29, 0.717) is 12.5 Å². The Morgan fingerprint density at radius 2 is 1.62 bits per heavy atom. The highest BCUT2D eigenvalue weighted by Crippen LogP contribution is 2.34. The smallest absolute Gasteiger partial charge is 0.387 e. The van der Waals surface area contributed by atoms with Crippen molar-refractivity contribution < 1.29 is 36.3 Å². The number of alkyl halides is 5. The number of nitrogens with one attached hydrogen (secondary N) is 3. The molecule has 0 saturated heterocycles. The largest absolute Gasteiger partial charge is 0.434 e. The molecule has 2 aromatic carbocycles. The van der Waals surface area contributed by atoms with Crippen molar-refractivity contribution in [2.45, 2.75) is 32.1 Å². The van der Waals surface area contributed by atoms with Gasteiger partial charge in [0.15, 0.2) is 0 Å². The molecule has 0 radical (unpaired) electrons. The summed E-state index contributed by atoms with van der Waals surface area (Å²) in [7, 11) is 0. The van der Waals surface area contributed by atoms with E-state index in [4.69, 9.17) is 5.41 Å². The van der Waals surface area contributed by atoms with E-state index in [2.05, 4.69) is 20.4 Å². The summed E-state index contributed by atoms with van der Waals surface area (Å²) >= 11 is 0. The van der Waals surface area contributed by atoms with Gasteiger partial charge in [0.1, 0.15) is 5.75 Å². The molecular formula is C25H21F5N4O3. The molecule has 0 aliphatic heterocycles. The molecule has 1 atom stereocenters. The fourth-order valence-corrected chi connectivity index (χ4v) is 3.30. The Hall–Kier alpha value is -4.35. The van der Waals surface area contributed by atoms with Gasteiger partial charge in [0.05, 0.1) is 5.71 Å². The van der Waals surface area contributed by atoms with Crippen LogP contribution < -0.4 is 15.4 Å². The van der Waals surface area contributed by atoms with Crippen LogP contribution >= 0.6 is 0 Å². The Kier molecular flexibility index (Phi) is 7.90. The number of hydrogen-bond donors (Lipinski definition) is 3. The second kappa shape index (κ2) is 10.7. The highest BCUT2D eigenvalue weighted by atomic mass is 19.3. The van der Waals surface area contributed by atoms with Crippen LogP contribution in [-0.2, 0) is 15.5 Å². The number of carbonyl (C=O) groups is 2. The quantitative estimate of drug-likeness (QED) is 0.189. The zero-order valence-corrected chi connectivity index (χ0v) is 19.5. The average Bonchev–Trinajstić information content (AvgIpc) is 2.84. The summed E-state index contributed by atoms with van der Waals surface area (Å²) in [4.78, 5) is 29.5. The molecule has 3 aromatic rings. The maximum absolute atomic E-state index is 15.8. The number of benzene rings is 2. The Labute approximate surface area is 208 Å². The molecule has 1 heterocycles. The molecule has 3 N–H and O–H groups in total. The summed E-state index contributed by atoms with van der Waals surface area (Å²) in [5, 5.41) is 12.0. The molecule has 2 amide bonds. The summed E-state index contributed by atoms with van der Waals surface area (Å²) in [6.07, 6.45) is 2.80. The Balaban J connectivity index is 1.90. The zero-order valence-electron chi connectivity index (χ0n) is 19.5. The fourth-order valence-electron chi connectivity index (χ4n) is 3.30. The lowest BCUT2D eigenvalue weighted by Gasteiger charge is -2.23. The van der Waals surface area contributed by atoms with E-state index in [9.17, 15) is 27.2 Å². The molecule has 0 aliphatic carbocycles. The number of rotatable bonds is 9. The first-order chi connectivity index (χ1) is 17.3. The fraction of sp³-hybridized carbons (Fsp3) is 0.200. The summed E-state index contributed by atoms with van der Waals surface area (Å²) in [6, 6.07) is 11.0. The van der Waals surface area contributed by atoms with Crippen molar-refractivity contribution in [3.63, 3.8) is 0 Å². The first-order valence-electron chi connectivity index (χ1n) is 10.7. The molecule has 7 nitrogen and oxygen atoms in total. The number of pyridine rings is 1. The van der Waals surface area contributed by atoms with Crippen molar-refractivity contribution in [3.05, 3.63) is 72.6 Å². The molecule has 0 aliphatic rings. The van der Waals surface area contributed by atoms with Crippen LogP contribution in [0.1, 0.15) is 19.4 Å². The van der Waals surface area contributed by atoms with E-state index in [1.54, 1.807) is 0 Å². The predicted molar refractivity (Wildman–Crippen MR) is 127 cm³/mol. The summed E-state index contributed by atoms with van der Waals surface area (Å²) in [6.45, 7) is -1.62. The van der Waals surface area contributed by atoms with E-state index in [1.165, 1.54) is 42.7 Å². The standard InChI is InChI=1S/C25H21F5N4O3/c1-14(31)25(30,21(35)33-17-7-3-6-16(11-17)24(2,28)29)22(36)34-18-8-9-20(37-23(26)27)19(12-18)15-5-4-10-32-13-15/h3-13,23,31H,1-2H3,(H,33,35)(H,34,36). The molecule has 1 unspecified atom stereocenters. The van der Waals surface area contributed by atoms with Gasteiger partial charge in [0.25, 0.3) is 17.7 Å². The molecule has 1 aromatic heterocycles. The third-order valence-electron chi connectivity index (χ3n) is 5.20. The van der Waals surface area contributed by atoms with Crippen LogP contribution in [0.4, 0.5) is 33.3 Å². The topological polar surface area (TPSA) is 104 Å². The molecule has 12 heteroatoms. The highest BCUT2D eigenvalue weighted by Gasteiger charge is 2.49. The van der Waals surface area contributed by atoms with Gasteiger partial charge in [-0.15, -0.1) is 0 Å². The van der Waals surface area contributed by atoms with Gasteiger partial charge in [0.2, 0.25) is 0 Å². The molecule has 0 saturated carbocycles. The van der Waals surface area contributed by atoms with Gasteiger partial charge in [0, 0.05) is 47.4 Å². The Morgan fingerprint density at radius 3 is 2.16 bits per heavy atom.